The summed E-state index contributed by atoms with van der Waals surface area (Å²) in [5.74, 6) is 0.366. The van der Waals surface area contributed by atoms with Gasteiger partial charge in [-0.3, -0.25) is 10.1 Å². The Bertz CT molecular complexity index is 1330. The highest BCUT2D eigenvalue weighted by Crippen LogP contribution is 2.28. The number of aromatic nitrogens is 1. The van der Waals surface area contributed by atoms with Crippen LogP contribution in [0.1, 0.15) is 23.1 Å². The fourth-order valence-electron chi connectivity index (χ4n) is 3.24. The minimum atomic E-state index is -0.744. The lowest BCUT2D eigenvalue weighted by atomic mass is 10.0. The molecule has 0 aliphatic rings. The SMILES string of the molecule is N#Cc1ccc(NC(=O)Nc2cc(Cl)ccc2OCCCNC(=O)C(N)Cc2cccc(C#N)c2)nc1. The van der Waals surface area contributed by atoms with Crippen molar-refractivity contribution in [3.63, 3.8) is 0 Å². The molecular formula is C26H24ClN7O3. The average molecular weight is 518 g/mol. The minimum Gasteiger partial charge on any atom is -0.491 e. The monoisotopic (exact) mass is 517 g/mol. The van der Waals surface area contributed by atoms with Gasteiger partial charge in [-0.1, -0.05) is 23.7 Å². The lowest BCUT2D eigenvalue weighted by Gasteiger charge is -2.15. The van der Waals surface area contributed by atoms with Crippen LogP contribution in [0.4, 0.5) is 16.3 Å². The van der Waals surface area contributed by atoms with E-state index in [1.165, 1.54) is 18.3 Å². The fraction of sp³-hybridized carbons (Fsp3) is 0.192. The average Bonchev–Trinajstić information content (AvgIpc) is 2.90. The van der Waals surface area contributed by atoms with E-state index in [1.807, 2.05) is 12.1 Å². The van der Waals surface area contributed by atoms with E-state index in [0.29, 0.717) is 47.0 Å². The van der Waals surface area contributed by atoms with Crippen molar-refractivity contribution in [2.75, 3.05) is 23.8 Å². The molecule has 2 aromatic carbocycles. The van der Waals surface area contributed by atoms with Crippen molar-refractivity contribution in [2.45, 2.75) is 18.9 Å². The molecule has 0 fully saturated rings. The third-order valence-corrected chi connectivity index (χ3v) is 5.29. The van der Waals surface area contributed by atoms with Crippen LogP contribution in [0, 0.1) is 22.7 Å². The Balaban J connectivity index is 1.45. The number of carbonyl (C=O) groups excluding carboxylic acids is 2. The molecule has 3 amide bonds. The van der Waals surface area contributed by atoms with Crippen LogP contribution in [0.3, 0.4) is 0 Å². The first-order chi connectivity index (χ1) is 17.9. The zero-order valence-electron chi connectivity index (χ0n) is 19.7. The van der Waals surface area contributed by atoms with Crippen LogP contribution in [0.15, 0.2) is 60.8 Å². The maximum Gasteiger partial charge on any atom is 0.324 e. The largest absolute Gasteiger partial charge is 0.491 e. The van der Waals surface area contributed by atoms with Gasteiger partial charge >= 0.3 is 6.03 Å². The van der Waals surface area contributed by atoms with E-state index in [-0.39, 0.29) is 18.3 Å². The van der Waals surface area contributed by atoms with Crippen molar-refractivity contribution in [2.24, 2.45) is 5.73 Å². The summed E-state index contributed by atoms with van der Waals surface area (Å²) in [6.07, 6.45) is 2.16. The first-order valence-corrected chi connectivity index (χ1v) is 11.6. The number of ether oxygens (including phenoxy) is 1. The molecule has 0 radical (unpaired) electrons. The molecule has 0 bridgehead atoms. The van der Waals surface area contributed by atoms with Gasteiger partial charge in [0.15, 0.2) is 0 Å². The number of urea groups is 1. The standard InChI is InChI=1S/C26H24ClN7O3/c27-20-6-7-23(22(13-20)33-26(36)34-24-8-5-19(15-29)16-32-24)37-10-2-9-31-25(35)21(30)12-17-3-1-4-18(11-17)14-28/h1,3-8,11,13,16,21H,2,9-10,12,30H2,(H,31,35)(H2,32,33,34,36). The number of nitrogens with two attached hydrogens (primary N) is 1. The van der Waals surface area contributed by atoms with Gasteiger partial charge in [0.1, 0.15) is 17.6 Å². The molecule has 0 spiro atoms. The van der Waals surface area contributed by atoms with Gasteiger partial charge < -0.3 is 21.1 Å². The molecule has 0 aliphatic heterocycles. The number of benzene rings is 2. The number of carbonyl (C=O) groups is 2. The Kier molecular flexibility index (Phi) is 9.80. The molecule has 5 N–H and O–H groups in total. The molecule has 37 heavy (non-hydrogen) atoms. The number of rotatable bonds is 10. The fourth-order valence-corrected chi connectivity index (χ4v) is 3.41. The summed E-state index contributed by atoms with van der Waals surface area (Å²) >= 11 is 6.07. The zero-order chi connectivity index (χ0) is 26.6. The number of nitriles is 2. The number of hydrogen-bond acceptors (Lipinski definition) is 7. The van der Waals surface area contributed by atoms with Crippen LogP contribution < -0.4 is 26.4 Å². The first kappa shape index (κ1) is 27.0. The topological polar surface area (TPSA) is 166 Å². The van der Waals surface area contributed by atoms with Crippen molar-refractivity contribution in [1.82, 2.24) is 10.3 Å². The maximum absolute atomic E-state index is 12.4. The van der Waals surface area contributed by atoms with Gasteiger partial charge in [0.05, 0.1) is 35.5 Å². The molecule has 0 saturated carbocycles. The van der Waals surface area contributed by atoms with E-state index in [0.717, 1.165) is 5.56 Å². The van der Waals surface area contributed by atoms with Gasteiger partial charge in [0.2, 0.25) is 5.91 Å². The van der Waals surface area contributed by atoms with E-state index in [4.69, 9.17) is 32.6 Å². The Morgan fingerprint density at radius 2 is 1.86 bits per heavy atom. The van der Waals surface area contributed by atoms with Gasteiger partial charge in [-0.25, -0.2) is 9.78 Å². The van der Waals surface area contributed by atoms with Gasteiger partial charge in [0, 0.05) is 17.8 Å². The van der Waals surface area contributed by atoms with Crippen LogP contribution in [0.25, 0.3) is 0 Å². The predicted molar refractivity (Wildman–Crippen MR) is 139 cm³/mol. The molecule has 1 aromatic heterocycles. The highest BCUT2D eigenvalue weighted by Gasteiger charge is 2.14. The second kappa shape index (κ2) is 13.4. The summed E-state index contributed by atoms with van der Waals surface area (Å²) in [6, 6.07) is 17.5. The van der Waals surface area contributed by atoms with Crippen LogP contribution >= 0.6 is 11.6 Å². The lowest BCUT2D eigenvalue weighted by molar-refractivity contribution is -0.122. The molecule has 11 heteroatoms. The number of amides is 3. The molecule has 1 atom stereocenters. The van der Waals surface area contributed by atoms with E-state index >= 15 is 0 Å². The quantitative estimate of drug-likeness (QED) is 0.298. The van der Waals surface area contributed by atoms with Crippen LogP contribution in [-0.2, 0) is 11.2 Å². The van der Waals surface area contributed by atoms with Crippen molar-refractivity contribution in [3.05, 3.63) is 82.5 Å². The summed E-state index contributed by atoms with van der Waals surface area (Å²) in [4.78, 5) is 28.7. The number of hydrogen-bond donors (Lipinski definition) is 4. The van der Waals surface area contributed by atoms with Gasteiger partial charge in [-0.05, 0) is 60.9 Å². The normalized spacial score (nSPS) is 10.9. The molecule has 0 aliphatic carbocycles. The number of halogens is 1. The number of nitrogens with one attached hydrogen (secondary N) is 3. The maximum atomic E-state index is 12.4. The first-order valence-electron chi connectivity index (χ1n) is 11.3. The van der Waals surface area contributed by atoms with E-state index in [2.05, 4.69) is 27.0 Å². The number of nitrogens with zero attached hydrogens (tertiary/aromatic N) is 3. The Labute approximate surface area is 219 Å². The molecule has 0 saturated heterocycles. The van der Waals surface area contributed by atoms with Crippen LogP contribution in [-0.4, -0.2) is 36.1 Å². The second-order valence-corrected chi connectivity index (χ2v) is 8.32. The minimum absolute atomic E-state index is 0.259. The van der Waals surface area contributed by atoms with Gasteiger partial charge in [-0.2, -0.15) is 10.5 Å². The summed E-state index contributed by atoms with van der Waals surface area (Å²) in [7, 11) is 0. The molecule has 3 aromatic rings. The summed E-state index contributed by atoms with van der Waals surface area (Å²) in [6.45, 7) is 0.598. The summed E-state index contributed by atoms with van der Waals surface area (Å²) < 4.78 is 5.77. The van der Waals surface area contributed by atoms with E-state index in [9.17, 15) is 9.59 Å². The van der Waals surface area contributed by atoms with E-state index in [1.54, 1.807) is 36.4 Å². The van der Waals surface area contributed by atoms with Gasteiger partial charge in [-0.15, -0.1) is 0 Å². The Morgan fingerprint density at radius 3 is 2.59 bits per heavy atom. The molecule has 188 valence electrons. The Morgan fingerprint density at radius 1 is 1.05 bits per heavy atom. The molecule has 1 heterocycles. The number of anilines is 2. The Hall–Kier alpha value is -4.64. The van der Waals surface area contributed by atoms with Crippen LogP contribution in [0.5, 0.6) is 5.75 Å². The van der Waals surface area contributed by atoms with Crippen molar-refractivity contribution in [3.8, 4) is 17.9 Å². The third-order valence-electron chi connectivity index (χ3n) is 5.05. The molecular weight excluding hydrogens is 494 g/mol. The second-order valence-electron chi connectivity index (χ2n) is 7.88. The number of pyridine rings is 1. The highest BCUT2D eigenvalue weighted by molar-refractivity contribution is 6.31. The van der Waals surface area contributed by atoms with Crippen molar-refractivity contribution >= 4 is 35.0 Å². The molecule has 3 rings (SSSR count). The summed E-state index contributed by atoms with van der Waals surface area (Å²) in [5, 5.41) is 26.2. The van der Waals surface area contributed by atoms with E-state index < -0.39 is 12.1 Å². The third kappa shape index (κ3) is 8.51. The molecule has 10 nitrogen and oxygen atoms in total. The predicted octanol–water partition coefficient (Wildman–Crippen LogP) is 3.58. The van der Waals surface area contributed by atoms with Crippen molar-refractivity contribution < 1.29 is 14.3 Å². The van der Waals surface area contributed by atoms with Crippen LogP contribution in [0.2, 0.25) is 5.02 Å². The smallest absolute Gasteiger partial charge is 0.324 e. The zero-order valence-corrected chi connectivity index (χ0v) is 20.5. The van der Waals surface area contributed by atoms with Gasteiger partial charge in [0.25, 0.3) is 0 Å². The highest BCUT2D eigenvalue weighted by atomic mass is 35.5. The summed E-state index contributed by atoms with van der Waals surface area (Å²) in [5.41, 5.74) is 8.05. The lowest BCUT2D eigenvalue weighted by Crippen LogP contribution is -2.42. The van der Waals surface area contributed by atoms with Crippen molar-refractivity contribution in [1.29, 1.82) is 10.5 Å². The molecule has 1 unspecified atom stereocenters.